The number of hydrogen-bond donors (Lipinski definition) is 2. The van der Waals surface area contributed by atoms with Gasteiger partial charge in [-0.25, -0.2) is 5.43 Å². The van der Waals surface area contributed by atoms with E-state index in [1.807, 2.05) is 0 Å². The van der Waals surface area contributed by atoms with Crippen molar-refractivity contribution in [2.24, 2.45) is 5.10 Å². The van der Waals surface area contributed by atoms with Crippen molar-refractivity contribution in [1.82, 2.24) is 9.99 Å². The van der Waals surface area contributed by atoms with Crippen LogP contribution in [0.1, 0.15) is 11.1 Å². The molecule has 2 rings (SSSR count). The number of hydrogen-bond acceptors (Lipinski definition) is 4. The van der Waals surface area contributed by atoms with Gasteiger partial charge in [0.25, 0.3) is 11.5 Å². The van der Waals surface area contributed by atoms with Gasteiger partial charge in [-0.2, -0.15) is 18.3 Å². The van der Waals surface area contributed by atoms with E-state index in [-0.39, 0.29) is 11.3 Å². The number of aromatic nitrogens is 1. The molecule has 0 aliphatic rings. The Morgan fingerprint density at radius 3 is 2.65 bits per heavy atom. The van der Waals surface area contributed by atoms with Gasteiger partial charge in [-0.15, -0.1) is 0 Å². The summed E-state index contributed by atoms with van der Waals surface area (Å²) in [6, 6.07) is 4.51. The lowest BCUT2D eigenvalue weighted by Gasteiger charge is -2.09. The predicted octanol–water partition coefficient (Wildman–Crippen LogP) is 3.25. The number of carbonyl (C=O) groups is 1. The first-order valence-electron chi connectivity index (χ1n) is 6.85. The minimum atomic E-state index is -4.63. The SMILES string of the molecule is O=C(Cn1cc(C(F)(F)F)ccc1=O)N/N=C\c1cc(Br)cc(Br)c1O. The topological polar surface area (TPSA) is 83.7 Å². The van der Waals surface area contributed by atoms with Crippen molar-refractivity contribution in [2.45, 2.75) is 12.7 Å². The summed E-state index contributed by atoms with van der Waals surface area (Å²) < 4.78 is 39.6. The number of hydrazone groups is 1. The van der Waals surface area contributed by atoms with Crippen molar-refractivity contribution < 1.29 is 23.1 Å². The second kappa shape index (κ2) is 8.04. The lowest BCUT2D eigenvalue weighted by molar-refractivity contribution is -0.138. The summed E-state index contributed by atoms with van der Waals surface area (Å²) in [4.78, 5) is 23.4. The quantitative estimate of drug-likeness (QED) is 0.503. The zero-order valence-corrected chi connectivity index (χ0v) is 15.9. The molecule has 0 aliphatic heterocycles. The number of amides is 1. The first-order valence-corrected chi connectivity index (χ1v) is 8.44. The molecule has 0 spiro atoms. The van der Waals surface area contributed by atoms with Crippen molar-refractivity contribution in [1.29, 1.82) is 0 Å². The predicted molar refractivity (Wildman–Crippen MR) is 94.9 cm³/mol. The molecule has 1 heterocycles. The van der Waals surface area contributed by atoms with Crippen LogP contribution in [0, 0.1) is 0 Å². The molecule has 0 unspecified atom stereocenters. The highest BCUT2D eigenvalue weighted by molar-refractivity contribution is 9.11. The van der Waals surface area contributed by atoms with E-state index < -0.39 is 29.8 Å². The Morgan fingerprint density at radius 1 is 1.31 bits per heavy atom. The van der Waals surface area contributed by atoms with Crippen LogP contribution in [0.2, 0.25) is 0 Å². The first-order chi connectivity index (χ1) is 12.1. The summed E-state index contributed by atoms with van der Waals surface area (Å²) in [6.07, 6.45) is -2.92. The van der Waals surface area contributed by atoms with Gasteiger partial charge in [0.1, 0.15) is 12.3 Å². The molecule has 0 atom stereocenters. The monoisotopic (exact) mass is 495 g/mol. The Hall–Kier alpha value is -2.14. The number of phenolic OH excluding ortho intramolecular Hbond substituents is 1. The van der Waals surface area contributed by atoms with Gasteiger partial charge >= 0.3 is 6.18 Å². The summed E-state index contributed by atoms with van der Waals surface area (Å²) in [7, 11) is 0. The molecular formula is C15H10Br2F3N3O3. The van der Waals surface area contributed by atoms with Crippen LogP contribution >= 0.6 is 31.9 Å². The molecule has 1 aromatic heterocycles. The molecule has 138 valence electrons. The zero-order chi connectivity index (χ0) is 19.5. The third-order valence-electron chi connectivity index (χ3n) is 3.08. The third kappa shape index (κ3) is 5.18. The molecule has 2 N–H and O–H groups in total. The maximum absolute atomic E-state index is 12.7. The molecular weight excluding hydrogens is 487 g/mol. The Kier molecular flexibility index (Phi) is 6.24. The van der Waals surface area contributed by atoms with Gasteiger partial charge in [0.05, 0.1) is 16.3 Å². The molecule has 0 bridgehead atoms. The number of rotatable bonds is 4. The van der Waals surface area contributed by atoms with E-state index in [1.165, 1.54) is 6.07 Å². The first kappa shape index (κ1) is 20.2. The Balaban J connectivity index is 2.09. The largest absolute Gasteiger partial charge is 0.506 e. The fraction of sp³-hybridized carbons (Fsp3) is 0.133. The lowest BCUT2D eigenvalue weighted by Crippen LogP contribution is -2.30. The van der Waals surface area contributed by atoms with E-state index in [1.54, 1.807) is 6.07 Å². The number of phenols is 1. The number of pyridine rings is 1. The molecule has 2 aromatic rings. The summed E-state index contributed by atoms with van der Waals surface area (Å²) in [6.45, 7) is -0.645. The highest BCUT2D eigenvalue weighted by Gasteiger charge is 2.31. The number of benzene rings is 1. The molecule has 0 fully saturated rings. The summed E-state index contributed by atoms with van der Waals surface area (Å²) in [5.41, 5.74) is 0.557. The van der Waals surface area contributed by atoms with Crippen LogP contribution in [-0.2, 0) is 17.5 Å². The molecule has 0 aliphatic carbocycles. The van der Waals surface area contributed by atoms with Gasteiger partial charge in [0.2, 0.25) is 0 Å². The van der Waals surface area contributed by atoms with E-state index in [9.17, 15) is 27.9 Å². The molecule has 0 radical (unpaired) electrons. The van der Waals surface area contributed by atoms with Crippen LogP contribution < -0.4 is 11.0 Å². The van der Waals surface area contributed by atoms with Gasteiger partial charge in [-0.3, -0.25) is 9.59 Å². The van der Waals surface area contributed by atoms with E-state index in [4.69, 9.17) is 0 Å². The van der Waals surface area contributed by atoms with Gasteiger partial charge in [-0.05, 0) is 34.1 Å². The second-order valence-corrected chi connectivity index (χ2v) is 6.77. The smallest absolute Gasteiger partial charge is 0.417 e. The van der Waals surface area contributed by atoms with Crippen LogP contribution in [0.3, 0.4) is 0 Å². The number of alkyl halides is 3. The van der Waals surface area contributed by atoms with E-state index >= 15 is 0 Å². The van der Waals surface area contributed by atoms with Gasteiger partial charge in [-0.1, -0.05) is 15.9 Å². The van der Waals surface area contributed by atoms with E-state index in [0.717, 1.165) is 12.3 Å². The fourth-order valence-electron chi connectivity index (χ4n) is 1.87. The molecule has 26 heavy (non-hydrogen) atoms. The average molecular weight is 497 g/mol. The van der Waals surface area contributed by atoms with Gasteiger partial charge < -0.3 is 9.67 Å². The standard InChI is InChI=1S/C15H10Br2F3N3O3/c16-10-3-8(14(26)11(17)4-10)5-21-22-12(24)7-23-6-9(15(18,19)20)1-2-13(23)25/h1-6,26H,7H2,(H,22,24)/b21-5-. The number of nitrogens with one attached hydrogen (secondary N) is 1. The summed E-state index contributed by atoms with van der Waals surface area (Å²) in [5.74, 6) is -0.920. The van der Waals surface area contributed by atoms with Crippen molar-refractivity contribution in [2.75, 3.05) is 0 Å². The Bertz CT molecular complexity index is 927. The van der Waals surface area contributed by atoms with Crippen molar-refractivity contribution >= 4 is 44.0 Å². The normalized spacial score (nSPS) is 11.7. The maximum Gasteiger partial charge on any atom is 0.417 e. The number of carbonyl (C=O) groups excluding carboxylic acids is 1. The van der Waals surface area contributed by atoms with Gasteiger partial charge in [0.15, 0.2) is 0 Å². The Morgan fingerprint density at radius 2 is 2.00 bits per heavy atom. The third-order valence-corrected chi connectivity index (χ3v) is 4.14. The zero-order valence-electron chi connectivity index (χ0n) is 12.7. The van der Waals surface area contributed by atoms with E-state index in [2.05, 4.69) is 42.4 Å². The number of aromatic hydroxyl groups is 1. The average Bonchev–Trinajstić information content (AvgIpc) is 2.53. The maximum atomic E-state index is 12.7. The second-order valence-electron chi connectivity index (χ2n) is 5.00. The van der Waals surface area contributed by atoms with Crippen LogP contribution in [0.15, 0.2) is 49.3 Å². The molecule has 0 saturated carbocycles. The van der Waals surface area contributed by atoms with Crippen LogP contribution in [0.4, 0.5) is 13.2 Å². The molecule has 0 saturated heterocycles. The van der Waals surface area contributed by atoms with Crippen molar-refractivity contribution in [3.63, 3.8) is 0 Å². The number of halogens is 5. The van der Waals surface area contributed by atoms with Crippen LogP contribution in [0.5, 0.6) is 5.75 Å². The van der Waals surface area contributed by atoms with E-state index in [0.29, 0.717) is 25.8 Å². The number of nitrogens with zero attached hydrogens (tertiary/aromatic N) is 2. The highest BCUT2D eigenvalue weighted by Crippen LogP contribution is 2.30. The Labute approximate surface area is 161 Å². The minimum Gasteiger partial charge on any atom is -0.506 e. The van der Waals surface area contributed by atoms with Crippen LogP contribution in [-0.4, -0.2) is 21.8 Å². The molecule has 6 nitrogen and oxygen atoms in total. The van der Waals surface area contributed by atoms with Gasteiger partial charge in [0, 0.05) is 22.3 Å². The molecule has 11 heteroatoms. The fourth-order valence-corrected chi connectivity index (χ4v) is 3.13. The van der Waals surface area contributed by atoms with Crippen molar-refractivity contribution in [3.05, 3.63) is 60.9 Å². The lowest BCUT2D eigenvalue weighted by atomic mass is 10.2. The minimum absolute atomic E-state index is 0.111. The molecule has 1 aromatic carbocycles. The summed E-state index contributed by atoms with van der Waals surface area (Å²) >= 11 is 6.36. The molecule has 1 amide bonds. The van der Waals surface area contributed by atoms with Crippen molar-refractivity contribution in [3.8, 4) is 5.75 Å². The highest BCUT2D eigenvalue weighted by atomic mass is 79.9. The summed E-state index contributed by atoms with van der Waals surface area (Å²) in [5, 5.41) is 13.5. The van der Waals surface area contributed by atoms with Crippen LogP contribution in [0.25, 0.3) is 0 Å².